The van der Waals surface area contributed by atoms with Gasteiger partial charge in [-0.1, -0.05) is 26.0 Å². The molecule has 0 saturated carbocycles. The topological polar surface area (TPSA) is 50.4 Å². The molecule has 0 saturated heterocycles. The molecule has 0 fully saturated rings. The first-order chi connectivity index (χ1) is 14.6. The Bertz CT molecular complexity index is 1090. The van der Waals surface area contributed by atoms with Crippen molar-refractivity contribution < 1.29 is 22.7 Å². The smallest absolute Gasteiger partial charge is 0.416 e. The summed E-state index contributed by atoms with van der Waals surface area (Å²) >= 11 is 1.56. The van der Waals surface area contributed by atoms with Crippen LogP contribution in [0.25, 0.3) is 0 Å². The van der Waals surface area contributed by atoms with Crippen molar-refractivity contribution in [2.75, 3.05) is 0 Å². The molecule has 3 aromatic rings. The highest BCUT2D eigenvalue weighted by Crippen LogP contribution is 2.35. The van der Waals surface area contributed by atoms with Gasteiger partial charge in [-0.25, -0.2) is 4.79 Å². The quantitative estimate of drug-likeness (QED) is 0.440. The van der Waals surface area contributed by atoms with E-state index < -0.39 is 17.4 Å². The van der Waals surface area contributed by atoms with Gasteiger partial charge < -0.3 is 9.52 Å². The summed E-state index contributed by atoms with van der Waals surface area (Å²) in [6.07, 6.45) is -2.58. The highest BCUT2D eigenvalue weighted by Gasteiger charge is 2.30. The Morgan fingerprint density at radius 3 is 2.26 bits per heavy atom. The van der Waals surface area contributed by atoms with Gasteiger partial charge in [-0.3, -0.25) is 0 Å². The first-order valence-corrected chi connectivity index (χ1v) is 11.0. The van der Waals surface area contributed by atoms with Gasteiger partial charge in [0.25, 0.3) is 0 Å². The van der Waals surface area contributed by atoms with Gasteiger partial charge in [-0.15, -0.1) is 11.3 Å². The summed E-state index contributed by atoms with van der Waals surface area (Å²) in [5.41, 5.74) is 0.271. The van der Waals surface area contributed by atoms with Crippen molar-refractivity contribution in [3.05, 3.63) is 84.6 Å². The highest BCUT2D eigenvalue weighted by molar-refractivity contribution is 7.11. The molecule has 2 heterocycles. The Kier molecular flexibility index (Phi) is 6.94. The average molecular weight is 451 g/mol. The fraction of sp³-hybridized carbons (Fsp3) is 0.375. The lowest BCUT2D eigenvalue weighted by Crippen LogP contribution is -2.15. The minimum absolute atomic E-state index is 0.0364. The Morgan fingerprint density at radius 1 is 1.06 bits per heavy atom. The molecule has 0 spiro atoms. The summed E-state index contributed by atoms with van der Waals surface area (Å²) in [5.74, 6) is 0.146. The van der Waals surface area contributed by atoms with Crippen LogP contribution in [0, 0.1) is 6.92 Å². The van der Waals surface area contributed by atoms with E-state index in [1.165, 1.54) is 12.1 Å². The minimum atomic E-state index is -4.38. The minimum Gasteiger partial charge on any atom is -0.507 e. The largest absolute Gasteiger partial charge is 0.507 e. The number of rotatable bonds is 7. The maximum Gasteiger partial charge on any atom is 0.416 e. The zero-order valence-electron chi connectivity index (χ0n) is 17.7. The molecule has 0 aliphatic carbocycles. The van der Waals surface area contributed by atoms with Crippen LogP contribution in [0.15, 0.2) is 45.6 Å². The third-order valence-electron chi connectivity index (χ3n) is 5.45. The van der Waals surface area contributed by atoms with Crippen molar-refractivity contribution in [2.45, 2.75) is 58.5 Å². The molecular formula is C24H25F3O3S. The number of hydrogen-bond donors (Lipinski definition) is 1. The van der Waals surface area contributed by atoms with Crippen molar-refractivity contribution >= 4 is 11.3 Å². The van der Waals surface area contributed by atoms with Crippen LogP contribution in [0.5, 0.6) is 5.75 Å². The lowest BCUT2D eigenvalue weighted by atomic mass is 9.89. The second kappa shape index (κ2) is 9.30. The first kappa shape index (κ1) is 23.1. The number of hydrogen-bond acceptors (Lipinski definition) is 4. The van der Waals surface area contributed by atoms with E-state index in [2.05, 4.69) is 0 Å². The van der Waals surface area contributed by atoms with Gasteiger partial charge in [0.05, 0.1) is 11.1 Å². The van der Waals surface area contributed by atoms with Crippen LogP contribution in [0.2, 0.25) is 0 Å². The molecule has 0 bridgehead atoms. The van der Waals surface area contributed by atoms with E-state index in [0.717, 1.165) is 21.9 Å². The third-order valence-corrected chi connectivity index (χ3v) is 6.45. The normalized spacial score (nSPS) is 12.8. The first-order valence-electron chi connectivity index (χ1n) is 10.2. The van der Waals surface area contributed by atoms with Crippen molar-refractivity contribution in [1.82, 2.24) is 0 Å². The van der Waals surface area contributed by atoms with Gasteiger partial charge in [0, 0.05) is 27.7 Å². The van der Waals surface area contributed by atoms with Crippen LogP contribution in [-0.2, 0) is 25.4 Å². The number of halogens is 3. The van der Waals surface area contributed by atoms with E-state index in [-0.39, 0.29) is 17.2 Å². The molecule has 2 aromatic heterocycles. The maximum absolute atomic E-state index is 12.8. The highest BCUT2D eigenvalue weighted by atomic mass is 32.1. The molecule has 31 heavy (non-hydrogen) atoms. The van der Waals surface area contributed by atoms with Gasteiger partial charge >= 0.3 is 11.8 Å². The molecular weight excluding hydrogens is 425 g/mol. The second-order valence-electron chi connectivity index (χ2n) is 7.61. The van der Waals surface area contributed by atoms with Crippen molar-refractivity contribution in [2.24, 2.45) is 0 Å². The van der Waals surface area contributed by atoms with E-state index in [1.807, 2.05) is 32.9 Å². The van der Waals surface area contributed by atoms with Crippen LogP contribution in [-0.4, -0.2) is 5.11 Å². The number of aromatic hydroxyl groups is 1. The van der Waals surface area contributed by atoms with E-state index in [9.17, 15) is 23.1 Å². The van der Waals surface area contributed by atoms with E-state index >= 15 is 0 Å². The summed E-state index contributed by atoms with van der Waals surface area (Å²) < 4.78 is 44.2. The number of alkyl halides is 3. The second-order valence-corrected chi connectivity index (χ2v) is 8.98. The standard InChI is InChI=1S/C24H25F3O3S/c1-4-16(12-15-7-9-17(10-8-15)24(25,26)27)22-19(5-2)21(28)20(23(29)30-22)13-18-11-6-14(3)31-18/h6-11,16,28H,4-5,12-13H2,1-3H3. The van der Waals surface area contributed by atoms with Crippen LogP contribution < -0.4 is 5.63 Å². The van der Waals surface area contributed by atoms with E-state index in [0.29, 0.717) is 42.6 Å². The van der Waals surface area contributed by atoms with Gasteiger partial charge in [-0.2, -0.15) is 13.2 Å². The third kappa shape index (κ3) is 5.21. The molecule has 1 unspecified atom stereocenters. The van der Waals surface area contributed by atoms with Crippen molar-refractivity contribution in [3.8, 4) is 5.75 Å². The molecule has 1 N–H and O–H groups in total. The molecule has 166 valence electrons. The molecule has 7 heteroatoms. The van der Waals surface area contributed by atoms with Crippen LogP contribution in [0.3, 0.4) is 0 Å². The Morgan fingerprint density at radius 2 is 1.74 bits per heavy atom. The molecule has 0 aliphatic rings. The van der Waals surface area contributed by atoms with Crippen LogP contribution in [0.1, 0.15) is 64.0 Å². The maximum atomic E-state index is 12.8. The molecule has 0 amide bonds. The van der Waals surface area contributed by atoms with E-state index in [1.54, 1.807) is 11.3 Å². The average Bonchev–Trinajstić information content (AvgIpc) is 3.13. The zero-order valence-corrected chi connectivity index (χ0v) is 18.5. The molecule has 3 rings (SSSR count). The summed E-state index contributed by atoms with van der Waals surface area (Å²) in [4.78, 5) is 14.8. The summed E-state index contributed by atoms with van der Waals surface area (Å²) in [6.45, 7) is 5.78. The van der Waals surface area contributed by atoms with Crippen LogP contribution >= 0.6 is 11.3 Å². The fourth-order valence-electron chi connectivity index (χ4n) is 3.74. The Balaban J connectivity index is 1.93. The molecule has 1 atom stereocenters. The number of thiophene rings is 1. The molecule has 0 radical (unpaired) electrons. The Labute approximate surface area is 183 Å². The zero-order chi connectivity index (χ0) is 22.8. The summed E-state index contributed by atoms with van der Waals surface area (Å²) in [6, 6.07) is 8.90. The van der Waals surface area contributed by atoms with Crippen molar-refractivity contribution in [3.63, 3.8) is 0 Å². The van der Waals surface area contributed by atoms with Gasteiger partial charge in [0.2, 0.25) is 0 Å². The molecule has 0 aliphatic heterocycles. The SMILES string of the molecule is CCc1c(C(CC)Cc2ccc(C(F)(F)F)cc2)oc(=O)c(Cc2ccc(C)s2)c1O. The monoisotopic (exact) mass is 450 g/mol. The lowest BCUT2D eigenvalue weighted by molar-refractivity contribution is -0.137. The van der Waals surface area contributed by atoms with Gasteiger partial charge in [0.15, 0.2) is 0 Å². The van der Waals surface area contributed by atoms with Crippen molar-refractivity contribution in [1.29, 1.82) is 0 Å². The predicted molar refractivity (Wildman–Crippen MR) is 116 cm³/mol. The lowest BCUT2D eigenvalue weighted by Gasteiger charge is -2.19. The molecule has 3 nitrogen and oxygen atoms in total. The number of aryl methyl sites for hydroxylation is 1. The fourth-order valence-corrected chi connectivity index (χ4v) is 4.64. The van der Waals surface area contributed by atoms with Gasteiger partial charge in [0.1, 0.15) is 11.5 Å². The Hall–Kier alpha value is -2.54. The van der Waals surface area contributed by atoms with E-state index in [4.69, 9.17) is 4.42 Å². The number of benzene rings is 1. The molecule has 1 aromatic carbocycles. The predicted octanol–water partition coefficient (Wildman–Crippen LogP) is 6.62. The van der Waals surface area contributed by atoms with Crippen LogP contribution in [0.4, 0.5) is 13.2 Å². The van der Waals surface area contributed by atoms with Gasteiger partial charge in [-0.05, 0) is 56.0 Å². The summed E-state index contributed by atoms with van der Waals surface area (Å²) in [5, 5.41) is 10.9. The summed E-state index contributed by atoms with van der Waals surface area (Å²) in [7, 11) is 0.